The molecule has 0 atom stereocenters. The molecule has 0 aliphatic carbocycles. The van der Waals surface area contributed by atoms with Crippen molar-refractivity contribution in [1.29, 1.82) is 0 Å². The van der Waals surface area contributed by atoms with Gasteiger partial charge < -0.3 is 11.1 Å². The largest absolute Gasteiger partial charge is 0.335 e. The van der Waals surface area contributed by atoms with Crippen molar-refractivity contribution < 1.29 is 0 Å². The van der Waals surface area contributed by atoms with Crippen molar-refractivity contribution in [2.75, 3.05) is 17.6 Å². The van der Waals surface area contributed by atoms with E-state index >= 15 is 0 Å². The molecule has 1 aromatic carbocycles. The monoisotopic (exact) mass is 207 g/mol. The van der Waals surface area contributed by atoms with Gasteiger partial charge in [0.25, 0.3) is 0 Å². The van der Waals surface area contributed by atoms with Crippen LogP contribution in [-0.4, -0.2) is 17.5 Å². The van der Waals surface area contributed by atoms with Gasteiger partial charge in [-0.3, -0.25) is 4.99 Å². The molecule has 0 saturated carbocycles. The number of nitrogens with zero attached hydrogens (tertiary/aromatic N) is 1. The first-order valence-electron chi connectivity index (χ1n) is 4.62. The number of hydrogen-bond acceptors (Lipinski definition) is 4. The minimum Gasteiger partial charge on any atom is -0.335 e. The number of amidine groups is 1. The highest BCUT2D eigenvalue weighted by Gasteiger charge is 2.06. The molecule has 0 unspecified atom stereocenters. The third-order valence-corrected chi connectivity index (χ3v) is 2.92. The van der Waals surface area contributed by atoms with Gasteiger partial charge in [0.1, 0.15) is 0 Å². The van der Waals surface area contributed by atoms with Gasteiger partial charge in [-0.2, -0.15) is 0 Å². The third-order valence-electron chi connectivity index (χ3n) is 2.03. The van der Waals surface area contributed by atoms with E-state index in [4.69, 9.17) is 5.73 Å². The van der Waals surface area contributed by atoms with Crippen molar-refractivity contribution in [3.05, 3.63) is 29.8 Å². The van der Waals surface area contributed by atoms with Crippen LogP contribution in [-0.2, 0) is 6.54 Å². The lowest BCUT2D eigenvalue weighted by molar-refractivity contribution is 1.07. The van der Waals surface area contributed by atoms with Crippen LogP contribution < -0.4 is 11.1 Å². The van der Waals surface area contributed by atoms with E-state index in [-0.39, 0.29) is 0 Å². The van der Waals surface area contributed by atoms with Crippen LogP contribution in [0.5, 0.6) is 0 Å². The molecule has 0 radical (unpaired) electrons. The summed E-state index contributed by atoms with van der Waals surface area (Å²) in [5, 5.41) is 4.28. The first-order chi connectivity index (χ1) is 6.88. The Morgan fingerprint density at radius 1 is 1.36 bits per heavy atom. The summed E-state index contributed by atoms with van der Waals surface area (Å²) in [4.78, 5) is 4.32. The number of hydrogen-bond donors (Lipinski definition) is 2. The number of thioether (sulfide) groups is 1. The molecule has 0 aromatic heterocycles. The van der Waals surface area contributed by atoms with E-state index in [1.807, 2.05) is 24.3 Å². The van der Waals surface area contributed by atoms with Gasteiger partial charge in [0.15, 0.2) is 5.17 Å². The molecular formula is C10H13N3S. The Balaban J connectivity index is 2.02. The number of aliphatic imine (C=N–C) groups is 1. The lowest BCUT2D eigenvalue weighted by Gasteiger charge is -2.05. The Hall–Kier alpha value is -1.00. The van der Waals surface area contributed by atoms with Crippen molar-refractivity contribution in [3.8, 4) is 0 Å². The Bertz CT molecular complexity index is 332. The van der Waals surface area contributed by atoms with Crippen LogP contribution >= 0.6 is 11.8 Å². The molecule has 14 heavy (non-hydrogen) atoms. The van der Waals surface area contributed by atoms with E-state index in [1.54, 1.807) is 11.8 Å². The highest BCUT2D eigenvalue weighted by molar-refractivity contribution is 8.14. The van der Waals surface area contributed by atoms with Gasteiger partial charge in [-0.25, -0.2) is 0 Å². The molecular weight excluding hydrogens is 194 g/mol. The second-order valence-corrected chi connectivity index (χ2v) is 4.15. The van der Waals surface area contributed by atoms with Gasteiger partial charge in [0.05, 0.1) is 6.54 Å². The SMILES string of the molecule is NCc1ccc(NC2=NCCS2)cc1. The van der Waals surface area contributed by atoms with Gasteiger partial charge in [-0.05, 0) is 17.7 Å². The average Bonchev–Trinajstić information content (AvgIpc) is 2.72. The van der Waals surface area contributed by atoms with Gasteiger partial charge in [-0.15, -0.1) is 0 Å². The van der Waals surface area contributed by atoms with E-state index < -0.39 is 0 Å². The first-order valence-corrected chi connectivity index (χ1v) is 5.60. The molecule has 1 aromatic rings. The van der Waals surface area contributed by atoms with E-state index in [0.29, 0.717) is 6.54 Å². The van der Waals surface area contributed by atoms with Crippen LogP contribution in [0, 0.1) is 0 Å². The van der Waals surface area contributed by atoms with Gasteiger partial charge in [-0.1, -0.05) is 23.9 Å². The topological polar surface area (TPSA) is 50.4 Å². The number of anilines is 1. The van der Waals surface area contributed by atoms with Gasteiger partial charge >= 0.3 is 0 Å². The third kappa shape index (κ3) is 2.27. The Morgan fingerprint density at radius 3 is 2.71 bits per heavy atom. The molecule has 1 aliphatic rings. The zero-order valence-corrected chi connectivity index (χ0v) is 8.68. The molecule has 4 heteroatoms. The van der Waals surface area contributed by atoms with Crippen LogP contribution in [0.4, 0.5) is 5.69 Å². The van der Waals surface area contributed by atoms with Crippen molar-refractivity contribution in [2.45, 2.75) is 6.54 Å². The zero-order chi connectivity index (χ0) is 9.80. The Labute approximate surface area is 87.8 Å². The van der Waals surface area contributed by atoms with Crippen molar-refractivity contribution in [1.82, 2.24) is 0 Å². The lowest BCUT2D eigenvalue weighted by atomic mass is 10.2. The molecule has 0 saturated heterocycles. The van der Waals surface area contributed by atoms with E-state index in [0.717, 1.165) is 28.7 Å². The zero-order valence-electron chi connectivity index (χ0n) is 7.86. The standard InChI is InChI=1S/C10H13N3S/c11-7-8-1-3-9(4-2-8)13-10-12-5-6-14-10/h1-4H,5-7,11H2,(H,12,13). The molecule has 3 N–H and O–H groups in total. The summed E-state index contributed by atoms with van der Waals surface area (Å²) in [6.07, 6.45) is 0. The molecule has 0 fully saturated rings. The first kappa shape index (κ1) is 9.55. The Kier molecular flexibility index (Phi) is 3.06. The van der Waals surface area contributed by atoms with Crippen LogP contribution in [0.2, 0.25) is 0 Å². The molecule has 0 spiro atoms. The summed E-state index contributed by atoms with van der Waals surface area (Å²) in [5.41, 5.74) is 7.74. The van der Waals surface area contributed by atoms with Gasteiger partial charge in [0.2, 0.25) is 0 Å². The molecule has 1 aliphatic heterocycles. The molecule has 74 valence electrons. The minimum atomic E-state index is 0.593. The molecule has 3 nitrogen and oxygen atoms in total. The summed E-state index contributed by atoms with van der Waals surface area (Å²) in [6.45, 7) is 1.52. The number of rotatable bonds is 2. The minimum absolute atomic E-state index is 0.593. The second-order valence-electron chi connectivity index (χ2n) is 3.06. The smallest absolute Gasteiger partial charge is 0.161 e. The maximum Gasteiger partial charge on any atom is 0.161 e. The maximum absolute atomic E-state index is 5.52. The summed E-state index contributed by atoms with van der Waals surface area (Å²) in [6, 6.07) is 8.12. The fourth-order valence-electron chi connectivity index (χ4n) is 1.26. The van der Waals surface area contributed by atoms with Crippen LogP contribution in [0.1, 0.15) is 5.56 Å². The van der Waals surface area contributed by atoms with Gasteiger partial charge in [0, 0.05) is 18.0 Å². The molecule has 0 bridgehead atoms. The number of nitrogens with two attached hydrogens (primary N) is 1. The van der Waals surface area contributed by atoms with Crippen molar-refractivity contribution in [2.24, 2.45) is 10.7 Å². The second kappa shape index (κ2) is 4.48. The summed E-state index contributed by atoms with van der Waals surface area (Å²) >= 11 is 1.76. The molecule has 0 amide bonds. The molecule has 1 heterocycles. The maximum atomic E-state index is 5.52. The Morgan fingerprint density at radius 2 is 2.14 bits per heavy atom. The summed E-state index contributed by atoms with van der Waals surface area (Å²) in [7, 11) is 0. The lowest BCUT2D eigenvalue weighted by Crippen LogP contribution is -2.05. The fourth-order valence-corrected chi connectivity index (χ4v) is 2.01. The summed E-state index contributed by atoms with van der Waals surface area (Å²) < 4.78 is 0. The van der Waals surface area contributed by atoms with Crippen molar-refractivity contribution >= 4 is 22.6 Å². The van der Waals surface area contributed by atoms with Crippen LogP contribution in [0.25, 0.3) is 0 Å². The van der Waals surface area contributed by atoms with E-state index in [2.05, 4.69) is 10.3 Å². The van der Waals surface area contributed by atoms with E-state index in [1.165, 1.54) is 0 Å². The number of benzene rings is 1. The average molecular weight is 207 g/mol. The normalized spacial score (nSPS) is 15.4. The van der Waals surface area contributed by atoms with E-state index in [9.17, 15) is 0 Å². The predicted molar refractivity (Wildman–Crippen MR) is 62.7 cm³/mol. The highest BCUT2D eigenvalue weighted by atomic mass is 32.2. The predicted octanol–water partition coefficient (Wildman–Crippen LogP) is 1.66. The number of nitrogens with one attached hydrogen (secondary N) is 1. The van der Waals surface area contributed by atoms with Crippen LogP contribution in [0.15, 0.2) is 29.3 Å². The molecule has 2 rings (SSSR count). The highest BCUT2D eigenvalue weighted by Crippen LogP contribution is 2.16. The quantitative estimate of drug-likeness (QED) is 0.775. The van der Waals surface area contributed by atoms with Crippen LogP contribution in [0.3, 0.4) is 0 Å². The summed E-state index contributed by atoms with van der Waals surface area (Å²) in [5.74, 6) is 1.09. The van der Waals surface area contributed by atoms with Crippen molar-refractivity contribution in [3.63, 3.8) is 0 Å². The fraction of sp³-hybridized carbons (Fsp3) is 0.300.